The van der Waals surface area contributed by atoms with E-state index in [-0.39, 0.29) is 0 Å². The highest BCUT2D eigenvalue weighted by Crippen LogP contribution is 2.29. The third-order valence-electron chi connectivity index (χ3n) is 5.44. The summed E-state index contributed by atoms with van der Waals surface area (Å²) < 4.78 is 8.03. The Morgan fingerprint density at radius 1 is 1.11 bits per heavy atom. The van der Waals surface area contributed by atoms with Crippen LogP contribution in [0.5, 0.6) is 5.88 Å². The standard InChI is InChI=1S/C22H25Cl2N3O/c1-16-4-2-11-26(16)12-3-13-28-22-20-14-19(24)9-10-21(20)27(25-22)15-17-5-7-18(23)8-6-17/h5-10,14,16H,2-4,11-13,15H2,1H3/t16-/m1/s1. The number of aromatic nitrogens is 2. The quantitative estimate of drug-likeness (QED) is 0.465. The molecule has 0 spiro atoms. The van der Waals surface area contributed by atoms with Gasteiger partial charge in [0.1, 0.15) is 0 Å². The maximum atomic E-state index is 6.23. The molecule has 148 valence electrons. The molecular formula is C22H25Cl2N3O. The van der Waals surface area contributed by atoms with Crippen LogP contribution >= 0.6 is 23.2 Å². The normalized spacial score (nSPS) is 17.5. The molecule has 1 saturated heterocycles. The second-order valence-electron chi connectivity index (χ2n) is 7.48. The first-order chi connectivity index (χ1) is 13.6. The van der Waals surface area contributed by atoms with Crippen LogP contribution in [0.15, 0.2) is 42.5 Å². The second kappa shape index (κ2) is 8.73. The molecule has 2 aromatic carbocycles. The highest BCUT2D eigenvalue weighted by Gasteiger charge is 2.19. The van der Waals surface area contributed by atoms with Gasteiger partial charge in [-0.15, -0.1) is 5.10 Å². The number of hydrogen-bond acceptors (Lipinski definition) is 3. The molecule has 4 rings (SSSR count). The van der Waals surface area contributed by atoms with Gasteiger partial charge in [0.2, 0.25) is 5.88 Å². The van der Waals surface area contributed by atoms with Gasteiger partial charge in [0.15, 0.2) is 0 Å². The molecule has 6 heteroatoms. The molecule has 0 aliphatic carbocycles. The fourth-order valence-corrected chi connectivity index (χ4v) is 4.17. The molecule has 1 atom stereocenters. The molecule has 4 nitrogen and oxygen atoms in total. The number of benzene rings is 2. The summed E-state index contributed by atoms with van der Waals surface area (Å²) in [6.45, 7) is 5.90. The van der Waals surface area contributed by atoms with Crippen LogP contribution in [0.25, 0.3) is 10.9 Å². The number of fused-ring (bicyclic) bond motifs is 1. The Balaban J connectivity index is 1.47. The van der Waals surface area contributed by atoms with E-state index in [0.717, 1.165) is 34.5 Å². The van der Waals surface area contributed by atoms with Crippen molar-refractivity contribution in [2.75, 3.05) is 19.7 Å². The fourth-order valence-electron chi connectivity index (χ4n) is 3.87. The Hall–Kier alpha value is -1.75. The molecule has 0 N–H and O–H groups in total. The minimum absolute atomic E-state index is 0.654. The SMILES string of the molecule is C[C@@H]1CCCN1CCCOc1nn(Cc2ccc(Cl)cc2)c2ccc(Cl)cc12. The van der Waals surface area contributed by atoms with Crippen molar-refractivity contribution in [2.24, 2.45) is 0 Å². The predicted molar refractivity (Wildman–Crippen MR) is 116 cm³/mol. The van der Waals surface area contributed by atoms with Crippen molar-refractivity contribution in [3.8, 4) is 5.88 Å². The number of halogens is 2. The molecule has 0 radical (unpaired) electrons. The lowest BCUT2D eigenvalue weighted by molar-refractivity contribution is 0.227. The Kier molecular flexibility index (Phi) is 6.10. The minimum Gasteiger partial charge on any atom is -0.476 e. The molecule has 2 heterocycles. The number of hydrogen-bond donors (Lipinski definition) is 0. The molecule has 0 unspecified atom stereocenters. The molecule has 1 aromatic heterocycles. The van der Waals surface area contributed by atoms with Gasteiger partial charge in [-0.05, 0) is 68.6 Å². The van der Waals surface area contributed by atoms with Gasteiger partial charge in [-0.1, -0.05) is 35.3 Å². The molecule has 1 aliphatic rings. The second-order valence-corrected chi connectivity index (χ2v) is 8.35. The molecule has 1 aliphatic heterocycles. The van der Waals surface area contributed by atoms with E-state index in [0.29, 0.717) is 30.1 Å². The number of rotatable bonds is 7. The summed E-state index contributed by atoms with van der Waals surface area (Å²) in [5.41, 5.74) is 2.15. The molecule has 3 aromatic rings. The van der Waals surface area contributed by atoms with Crippen LogP contribution in [-0.2, 0) is 6.54 Å². The van der Waals surface area contributed by atoms with E-state index in [1.54, 1.807) is 0 Å². The molecule has 0 bridgehead atoms. The van der Waals surface area contributed by atoms with Gasteiger partial charge >= 0.3 is 0 Å². The summed E-state index contributed by atoms with van der Waals surface area (Å²) in [6.07, 6.45) is 3.61. The van der Waals surface area contributed by atoms with Gasteiger partial charge in [0, 0.05) is 22.6 Å². The maximum absolute atomic E-state index is 6.23. The molecule has 0 saturated carbocycles. The first-order valence-corrected chi connectivity index (χ1v) is 10.6. The summed E-state index contributed by atoms with van der Waals surface area (Å²) in [5.74, 6) is 0.654. The van der Waals surface area contributed by atoms with Crippen molar-refractivity contribution < 1.29 is 4.74 Å². The fraction of sp³-hybridized carbons (Fsp3) is 0.409. The van der Waals surface area contributed by atoms with Crippen molar-refractivity contribution in [1.29, 1.82) is 0 Å². The number of ether oxygens (including phenoxy) is 1. The van der Waals surface area contributed by atoms with Gasteiger partial charge in [0.25, 0.3) is 0 Å². The number of likely N-dealkylation sites (tertiary alicyclic amines) is 1. The highest BCUT2D eigenvalue weighted by molar-refractivity contribution is 6.31. The monoisotopic (exact) mass is 417 g/mol. The van der Waals surface area contributed by atoms with E-state index < -0.39 is 0 Å². The van der Waals surface area contributed by atoms with Crippen LogP contribution in [0.1, 0.15) is 31.7 Å². The van der Waals surface area contributed by atoms with Gasteiger partial charge in [0.05, 0.1) is 24.1 Å². The van der Waals surface area contributed by atoms with Crippen molar-refractivity contribution in [3.05, 3.63) is 58.1 Å². The van der Waals surface area contributed by atoms with Crippen molar-refractivity contribution in [2.45, 2.75) is 38.8 Å². The molecular weight excluding hydrogens is 393 g/mol. The van der Waals surface area contributed by atoms with Gasteiger partial charge < -0.3 is 9.64 Å². The van der Waals surface area contributed by atoms with E-state index >= 15 is 0 Å². The summed E-state index contributed by atoms with van der Waals surface area (Å²) in [7, 11) is 0. The van der Waals surface area contributed by atoms with Crippen LogP contribution in [0.2, 0.25) is 10.0 Å². The average molecular weight is 418 g/mol. The van der Waals surface area contributed by atoms with E-state index in [4.69, 9.17) is 33.0 Å². The van der Waals surface area contributed by atoms with Gasteiger partial charge in [-0.3, -0.25) is 4.68 Å². The summed E-state index contributed by atoms with van der Waals surface area (Å²) >= 11 is 12.2. The lowest BCUT2D eigenvalue weighted by Gasteiger charge is -2.20. The van der Waals surface area contributed by atoms with E-state index in [2.05, 4.69) is 11.8 Å². The van der Waals surface area contributed by atoms with Gasteiger partial charge in [-0.25, -0.2) is 0 Å². The van der Waals surface area contributed by atoms with Crippen LogP contribution in [0.4, 0.5) is 0 Å². The molecule has 1 fully saturated rings. The van der Waals surface area contributed by atoms with Gasteiger partial charge in [-0.2, -0.15) is 0 Å². The maximum Gasteiger partial charge on any atom is 0.240 e. The van der Waals surface area contributed by atoms with Crippen LogP contribution in [0.3, 0.4) is 0 Å². The Bertz CT molecular complexity index is 939. The smallest absolute Gasteiger partial charge is 0.240 e. The van der Waals surface area contributed by atoms with E-state index in [9.17, 15) is 0 Å². The third kappa shape index (κ3) is 4.45. The van der Waals surface area contributed by atoms with E-state index in [1.807, 2.05) is 47.1 Å². The zero-order valence-corrected chi connectivity index (χ0v) is 17.6. The molecule has 0 amide bonds. The first kappa shape index (κ1) is 19.6. The first-order valence-electron chi connectivity index (χ1n) is 9.87. The largest absolute Gasteiger partial charge is 0.476 e. The van der Waals surface area contributed by atoms with E-state index in [1.165, 1.54) is 19.4 Å². The average Bonchev–Trinajstić information content (AvgIpc) is 3.24. The van der Waals surface area contributed by atoms with Crippen molar-refractivity contribution in [1.82, 2.24) is 14.7 Å². The lowest BCUT2D eigenvalue weighted by atomic mass is 10.2. The number of nitrogens with zero attached hydrogens (tertiary/aromatic N) is 3. The summed E-state index contributed by atoms with van der Waals surface area (Å²) in [4.78, 5) is 2.54. The third-order valence-corrected chi connectivity index (χ3v) is 5.93. The Morgan fingerprint density at radius 3 is 2.64 bits per heavy atom. The molecule has 28 heavy (non-hydrogen) atoms. The Morgan fingerprint density at radius 2 is 1.89 bits per heavy atom. The van der Waals surface area contributed by atoms with Crippen LogP contribution in [0, 0.1) is 0 Å². The van der Waals surface area contributed by atoms with Crippen molar-refractivity contribution >= 4 is 34.1 Å². The highest BCUT2D eigenvalue weighted by atomic mass is 35.5. The topological polar surface area (TPSA) is 30.3 Å². The predicted octanol–water partition coefficient (Wildman–Crippen LogP) is 5.64. The summed E-state index contributed by atoms with van der Waals surface area (Å²) in [6, 6.07) is 14.3. The van der Waals surface area contributed by atoms with Crippen LogP contribution in [-0.4, -0.2) is 40.4 Å². The van der Waals surface area contributed by atoms with Crippen molar-refractivity contribution in [3.63, 3.8) is 0 Å². The van der Waals surface area contributed by atoms with Crippen LogP contribution < -0.4 is 4.74 Å². The minimum atomic E-state index is 0.654. The zero-order valence-electron chi connectivity index (χ0n) is 16.1. The zero-order chi connectivity index (χ0) is 19.5. The Labute approximate surface area is 176 Å². The summed E-state index contributed by atoms with van der Waals surface area (Å²) in [5, 5.41) is 7.10. The lowest BCUT2D eigenvalue weighted by Crippen LogP contribution is -2.28.